The van der Waals surface area contributed by atoms with Gasteiger partial charge in [0.05, 0.1) is 0 Å². The molecular weight excluding hydrogens is 414 g/mol. The summed E-state index contributed by atoms with van der Waals surface area (Å²) in [6.07, 6.45) is 2.02. The lowest BCUT2D eigenvalue weighted by atomic mass is 10.0. The Kier molecular flexibility index (Phi) is 8.53. The number of hydrogen-bond donors (Lipinski definition) is 1. The van der Waals surface area contributed by atoms with Gasteiger partial charge in [-0.1, -0.05) is 80.6 Å². The van der Waals surface area contributed by atoms with Crippen molar-refractivity contribution in [3.05, 3.63) is 107 Å². The van der Waals surface area contributed by atoms with Crippen LogP contribution < -0.4 is 5.32 Å². The van der Waals surface area contributed by atoms with Gasteiger partial charge in [0.2, 0.25) is 0 Å². The van der Waals surface area contributed by atoms with Crippen molar-refractivity contribution in [2.75, 3.05) is 6.61 Å². The van der Waals surface area contributed by atoms with Gasteiger partial charge in [0.25, 0.3) is 5.91 Å². The van der Waals surface area contributed by atoms with E-state index < -0.39 is 12.0 Å². The topological polar surface area (TPSA) is 72.5 Å². The summed E-state index contributed by atoms with van der Waals surface area (Å²) in [5.74, 6) is -1.29. The smallest absolute Gasteiger partial charge is 0.329 e. The number of aryl methyl sites for hydroxylation is 2. The molecule has 3 aromatic rings. The van der Waals surface area contributed by atoms with Crippen LogP contribution >= 0.6 is 0 Å². The Labute approximate surface area is 194 Å². The third kappa shape index (κ3) is 6.88. The minimum absolute atomic E-state index is 0.262. The normalized spacial score (nSPS) is 11.5. The van der Waals surface area contributed by atoms with Crippen LogP contribution in [0.4, 0.5) is 0 Å². The molecule has 0 fully saturated rings. The van der Waals surface area contributed by atoms with Gasteiger partial charge in [0.1, 0.15) is 6.04 Å². The summed E-state index contributed by atoms with van der Waals surface area (Å²) in [6, 6.07) is 23.0. The summed E-state index contributed by atoms with van der Waals surface area (Å²) in [5.41, 5.74) is 4.07. The molecule has 3 rings (SSSR count). The van der Waals surface area contributed by atoms with Crippen LogP contribution in [0.25, 0.3) is 0 Å². The van der Waals surface area contributed by atoms with Crippen LogP contribution in [0.15, 0.2) is 78.9 Å². The molecule has 170 valence electrons. The number of ether oxygens (including phenoxy) is 1. The zero-order valence-corrected chi connectivity index (χ0v) is 19.0. The Morgan fingerprint density at radius 2 is 1.27 bits per heavy atom. The number of esters is 1. The molecule has 0 bridgehead atoms. The Balaban J connectivity index is 1.68. The van der Waals surface area contributed by atoms with Gasteiger partial charge >= 0.3 is 5.97 Å². The van der Waals surface area contributed by atoms with Gasteiger partial charge in [-0.3, -0.25) is 9.59 Å². The molecule has 0 aromatic heterocycles. The summed E-state index contributed by atoms with van der Waals surface area (Å²) in [6.45, 7) is 3.70. The number of carbonyl (C=O) groups excluding carboxylic acids is 3. The standard InChI is InChI=1S/C28H29NO4/c1-3-20-10-14-23(15-11-20)26(30)19-33-28(32)25(18-22-8-6-5-7-9-22)29-27(31)24-16-12-21(4-2)13-17-24/h5-17,25H,3-4,18-19H2,1-2H3,(H,29,31)/t25-/m0/s1. The molecule has 5 nitrogen and oxygen atoms in total. The average molecular weight is 444 g/mol. The first-order valence-corrected chi connectivity index (χ1v) is 11.2. The van der Waals surface area contributed by atoms with Crippen molar-refractivity contribution >= 4 is 17.7 Å². The van der Waals surface area contributed by atoms with E-state index in [-0.39, 0.29) is 24.7 Å². The fourth-order valence-corrected chi connectivity index (χ4v) is 3.42. The molecule has 0 aliphatic heterocycles. The molecule has 1 atom stereocenters. The molecule has 3 aromatic carbocycles. The van der Waals surface area contributed by atoms with E-state index in [1.807, 2.05) is 68.4 Å². The van der Waals surface area contributed by atoms with Crippen molar-refractivity contribution in [2.24, 2.45) is 0 Å². The second-order valence-corrected chi connectivity index (χ2v) is 7.85. The molecule has 0 unspecified atom stereocenters. The molecule has 0 aliphatic carbocycles. The number of amides is 1. The average Bonchev–Trinajstić information content (AvgIpc) is 2.87. The van der Waals surface area contributed by atoms with Gasteiger partial charge in [-0.2, -0.15) is 0 Å². The minimum atomic E-state index is -0.916. The summed E-state index contributed by atoms with van der Waals surface area (Å²) >= 11 is 0. The van der Waals surface area contributed by atoms with Crippen molar-refractivity contribution in [1.29, 1.82) is 0 Å². The van der Waals surface area contributed by atoms with Crippen LogP contribution in [0, 0.1) is 0 Å². The Bertz CT molecular complexity index is 1070. The SMILES string of the molecule is CCc1ccc(C(=O)COC(=O)[C@H](Cc2ccccc2)NC(=O)c2ccc(CC)cc2)cc1. The van der Waals surface area contributed by atoms with E-state index in [0.29, 0.717) is 11.1 Å². The molecule has 0 aliphatic rings. The summed E-state index contributed by atoms with van der Waals surface area (Å²) in [5, 5.41) is 2.77. The summed E-state index contributed by atoms with van der Waals surface area (Å²) < 4.78 is 5.32. The lowest BCUT2D eigenvalue weighted by Crippen LogP contribution is -2.43. The maximum absolute atomic E-state index is 12.9. The third-order valence-corrected chi connectivity index (χ3v) is 5.53. The molecule has 0 heterocycles. The number of nitrogens with one attached hydrogen (secondary N) is 1. The van der Waals surface area contributed by atoms with Crippen LogP contribution in [0.1, 0.15) is 51.3 Å². The lowest BCUT2D eigenvalue weighted by molar-refractivity contribution is -0.144. The zero-order chi connectivity index (χ0) is 23.6. The number of benzene rings is 3. The fourth-order valence-electron chi connectivity index (χ4n) is 3.42. The van der Waals surface area contributed by atoms with E-state index in [1.54, 1.807) is 24.3 Å². The molecule has 0 saturated heterocycles. The first-order valence-electron chi connectivity index (χ1n) is 11.2. The predicted molar refractivity (Wildman–Crippen MR) is 128 cm³/mol. The first kappa shape index (κ1) is 23.9. The van der Waals surface area contributed by atoms with E-state index in [0.717, 1.165) is 29.5 Å². The van der Waals surface area contributed by atoms with Crippen LogP contribution in [0.5, 0.6) is 0 Å². The fraction of sp³-hybridized carbons (Fsp3) is 0.250. The molecular formula is C28H29NO4. The molecule has 0 saturated carbocycles. The van der Waals surface area contributed by atoms with Crippen molar-refractivity contribution in [3.63, 3.8) is 0 Å². The Morgan fingerprint density at radius 1 is 0.727 bits per heavy atom. The van der Waals surface area contributed by atoms with Gasteiger partial charge < -0.3 is 10.1 Å². The lowest BCUT2D eigenvalue weighted by Gasteiger charge is -2.18. The van der Waals surface area contributed by atoms with Gasteiger partial charge in [-0.25, -0.2) is 4.79 Å². The van der Waals surface area contributed by atoms with Crippen molar-refractivity contribution < 1.29 is 19.1 Å². The van der Waals surface area contributed by atoms with Gasteiger partial charge in [-0.05, 0) is 41.7 Å². The van der Waals surface area contributed by atoms with E-state index >= 15 is 0 Å². The molecule has 1 N–H and O–H groups in total. The highest BCUT2D eigenvalue weighted by Crippen LogP contribution is 2.10. The Morgan fingerprint density at radius 3 is 1.82 bits per heavy atom. The largest absolute Gasteiger partial charge is 0.456 e. The quantitative estimate of drug-likeness (QED) is 0.368. The number of carbonyl (C=O) groups is 3. The van der Waals surface area contributed by atoms with Crippen LogP contribution in [0.2, 0.25) is 0 Å². The van der Waals surface area contributed by atoms with Gasteiger partial charge in [0.15, 0.2) is 12.4 Å². The van der Waals surface area contributed by atoms with Crippen LogP contribution in [-0.4, -0.2) is 30.3 Å². The maximum Gasteiger partial charge on any atom is 0.329 e. The van der Waals surface area contributed by atoms with Gasteiger partial charge in [-0.15, -0.1) is 0 Å². The van der Waals surface area contributed by atoms with Crippen molar-refractivity contribution in [3.8, 4) is 0 Å². The number of ketones is 1. The second-order valence-electron chi connectivity index (χ2n) is 7.85. The summed E-state index contributed by atoms with van der Waals surface area (Å²) in [7, 11) is 0. The van der Waals surface area contributed by atoms with Crippen molar-refractivity contribution in [1.82, 2.24) is 5.32 Å². The highest BCUT2D eigenvalue weighted by atomic mass is 16.5. The number of hydrogen-bond acceptors (Lipinski definition) is 4. The van der Waals surface area contributed by atoms with Crippen molar-refractivity contribution in [2.45, 2.75) is 39.2 Å². The number of Topliss-reactive ketones (excluding diaryl/α,β-unsaturated/α-hetero) is 1. The maximum atomic E-state index is 12.9. The van der Waals surface area contributed by atoms with E-state index in [4.69, 9.17) is 4.74 Å². The molecule has 5 heteroatoms. The third-order valence-electron chi connectivity index (χ3n) is 5.53. The van der Waals surface area contributed by atoms with E-state index in [9.17, 15) is 14.4 Å². The summed E-state index contributed by atoms with van der Waals surface area (Å²) in [4.78, 5) is 38.1. The van der Waals surface area contributed by atoms with Crippen LogP contribution in [0.3, 0.4) is 0 Å². The molecule has 0 radical (unpaired) electrons. The second kappa shape index (κ2) is 11.8. The van der Waals surface area contributed by atoms with Gasteiger partial charge in [0, 0.05) is 17.5 Å². The molecule has 33 heavy (non-hydrogen) atoms. The Hall–Kier alpha value is -3.73. The molecule has 0 spiro atoms. The monoisotopic (exact) mass is 443 g/mol. The first-order chi connectivity index (χ1) is 16.0. The highest BCUT2D eigenvalue weighted by molar-refractivity contribution is 5.99. The minimum Gasteiger partial charge on any atom is -0.456 e. The van der Waals surface area contributed by atoms with Crippen LogP contribution in [-0.2, 0) is 28.8 Å². The highest BCUT2D eigenvalue weighted by Gasteiger charge is 2.24. The number of rotatable bonds is 10. The predicted octanol–water partition coefficient (Wildman–Crippen LogP) is 4.58. The zero-order valence-electron chi connectivity index (χ0n) is 19.0. The molecule has 1 amide bonds. The van der Waals surface area contributed by atoms with E-state index in [1.165, 1.54) is 0 Å². The van der Waals surface area contributed by atoms with E-state index in [2.05, 4.69) is 5.32 Å².